The number of esters is 1. The third-order valence-corrected chi connectivity index (χ3v) is 3.28. The number of carbonyl (C=O) groups is 1. The molecule has 0 aliphatic carbocycles. The standard InChI is InChI=1S/C10H9IO3/c1-13-10(12)6-2-3-9(11)8-5-14-4-7(6)8/h2-3H,4-5H2,1H3. The minimum atomic E-state index is -0.289. The molecule has 1 aromatic rings. The average Bonchev–Trinajstić information content (AvgIpc) is 2.67. The van der Waals surface area contributed by atoms with Gasteiger partial charge in [0.1, 0.15) is 0 Å². The molecule has 0 fully saturated rings. The van der Waals surface area contributed by atoms with E-state index in [0.717, 1.165) is 14.7 Å². The Morgan fingerprint density at radius 1 is 1.43 bits per heavy atom. The van der Waals surface area contributed by atoms with Crippen LogP contribution in [0.15, 0.2) is 12.1 Å². The molecule has 2 rings (SSSR count). The smallest absolute Gasteiger partial charge is 0.338 e. The summed E-state index contributed by atoms with van der Waals surface area (Å²) < 4.78 is 11.2. The molecule has 0 N–H and O–H groups in total. The highest BCUT2D eigenvalue weighted by atomic mass is 127. The van der Waals surface area contributed by atoms with E-state index in [0.29, 0.717) is 18.8 Å². The summed E-state index contributed by atoms with van der Waals surface area (Å²) in [5.41, 5.74) is 2.72. The van der Waals surface area contributed by atoms with Gasteiger partial charge in [-0.1, -0.05) is 0 Å². The summed E-state index contributed by atoms with van der Waals surface area (Å²) in [7, 11) is 1.39. The van der Waals surface area contributed by atoms with Crippen molar-refractivity contribution >= 4 is 28.6 Å². The van der Waals surface area contributed by atoms with Crippen LogP contribution in [0.3, 0.4) is 0 Å². The van der Waals surface area contributed by atoms with Gasteiger partial charge in [0.2, 0.25) is 0 Å². The molecule has 0 aromatic heterocycles. The van der Waals surface area contributed by atoms with E-state index >= 15 is 0 Å². The first-order valence-electron chi connectivity index (χ1n) is 4.20. The van der Waals surface area contributed by atoms with Crippen molar-refractivity contribution in [3.8, 4) is 0 Å². The number of hydrogen-bond acceptors (Lipinski definition) is 3. The maximum absolute atomic E-state index is 11.4. The molecule has 0 saturated heterocycles. The lowest BCUT2D eigenvalue weighted by atomic mass is 10.0. The Kier molecular flexibility index (Phi) is 2.73. The van der Waals surface area contributed by atoms with Crippen LogP contribution in [0, 0.1) is 3.57 Å². The normalized spacial score (nSPS) is 13.9. The second-order valence-electron chi connectivity index (χ2n) is 3.04. The number of methoxy groups -OCH3 is 1. The number of rotatable bonds is 1. The Labute approximate surface area is 95.5 Å². The highest BCUT2D eigenvalue weighted by molar-refractivity contribution is 14.1. The molecule has 0 atom stereocenters. The largest absolute Gasteiger partial charge is 0.465 e. The fraction of sp³-hybridized carbons (Fsp3) is 0.300. The lowest BCUT2D eigenvalue weighted by Gasteiger charge is -2.06. The molecule has 4 heteroatoms. The predicted molar refractivity (Wildman–Crippen MR) is 59.0 cm³/mol. The molecule has 3 nitrogen and oxygen atoms in total. The quantitative estimate of drug-likeness (QED) is 0.589. The first kappa shape index (κ1) is 9.92. The lowest BCUT2D eigenvalue weighted by molar-refractivity contribution is 0.0596. The summed E-state index contributed by atoms with van der Waals surface area (Å²) >= 11 is 2.25. The summed E-state index contributed by atoms with van der Waals surface area (Å²) in [5, 5.41) is 0. The Morgan fingerprint density at radius 2 is 2.14 bits per heavy atom. The van der Waals surface area contributed by atoms with E-state index in [1.165, 1.54) is 7.11 Å². The van der Waals surface area contributed by atoms with Crippen molar-refractivity contribution < 1.29 is 14.3 Å². The van der Waals surface area contributed by atoms with E-state index in [1.54, 1.807) is 6.07 Å². The van der Waals surface area contributed by atoms with Gasteiger partial charge in [0.15, 0.2) is 0 Å². The zero-order valence-electron chi connectivity index (χ0n) is 7.67. The molecular weight excluding hydrogens is 295 g/mol. The van der Waals surface area contributed by atoms with Crippen LogP contribution in [0.25, 0.3) is 0 Å². The van der Waals surface area contributed by atoms with Gasteiger partial charge in [-0.05, 0) is 45.9 Å². The number of benzene rings is 1. The van der Waals surface area contributed by atoms with Crippen molar-refractivity contribution in [2.24, 2.45) is 0 Å². The van der Waals surface area contributed by atoms with Crippen molar-refractivity contribution in [1.82, 2.24) is 0 Å². The SMILES string of the molecule is COC(=O)c1ccc(I)c2c1COC2. The molecule has 0 radical (unpaired) electrons. The highest BCUT2D eigenvalue weighted by Crippen LogP contribution is 2.28. The minimum Gasteiger partial charge on any atom is -0.465 e. The lowest BCUT2D eigenvalue weighted by Crippen LogP contribution is -2.06. The summed E-state index contributed by atoms with van der Waals surface area (Å²) in [6.45, 7) is 1.11. The molecule has 0 bridgehead atoms. The predicted octanol–water partition coefficient (Wildman–Crippen LogP) is 2.11. The van der Waals surface area contributed by atoms with Gasteiger partial charge < -0.3 is 9.47 Å². The molecule has 74 valence electrons. The van der Waals surface area contributed by atoms with Crippen LogP contribution in [0.1, 0.15) is 21.5 Å². The molecule has 1 aliphatic rings. The number of carbonyl (C=O) groups excluding carboxylic acids is 1. The van der Waals surface area contributed by atoms with Crippen LogP contribution in [-0.4, -0.2) is 13.1 Å². The van der Waals surface area contributed by atoms with E-state index in [1.807, 2.05) is 6.07 Å². The van der Waals surface area contributed by atoms with Crippen molar-refractivity contribution in [3.63, 3.8) is 0 Å². The number of ether oxygens (including phenoxy) is 2. The Bertz CT molecular complexity index is 387. The zero-order valence-corrected chi connectivity index (χ0v) is 9.83. The summed E-state index contributed by atoms with van der Waals surface area (Å²) in [6, 6.07) is 3.71. The average molecular weight is 304 g/mol. The minimum absolute atomic E-state index is 0.289. The monoisotopic (exact) mass is 304 g/mol. The van der Waals surface area contributed by atoms with Crippen LogP contribution in [0.4, 0.5) is 0 Å². The topological polar surface area (TPSA) is 35.5 Å². The zero-order chi connectivity index (χ0) is 10.1. The van der Waals surface area contributed by atoms with Gasteiger partial charge in [0.25, 0.3) is 0 Å². The fourth-order valence-electron chi connectivity index (χ4n) is 1.54. The maximum atomic E-state index is 11.4. The van der Waals surface area contributed by atoms with Crippen molar-refractivity contribution in [2.45, 2.75) is 13.2 Å². The molecule has 0 saturated carbocycles. The Balaban J connectivity index is 2.53. The molecule has 0 unspecified atom stereocenters. The van der Waals surface area contributed by atoms with Crippen LogP contribution in [-0.2, 0) is 22.7 Å². The molecule has 1 heterocycles. The molecule has 14 heavy (non-hydrogen) atoms. The van der Waals surface area contributed by atoms with E-state index in [2.05, 4.69) is 22.6 Å². The maximum Gasteiger partial charge on any atom is 0.338 e. The number of fused-ring (bicyclic) bond motifs is 1. The number of halogens is 1. The molecular formula is C10H9IO3. The van der Waals surface area contributed by atoms with Crippen molar-refractivity contribution in [2.75, 3.05) is 7.11 Å². The van der Waals surface area contributed by atoms with Gasteiger partial charge in [-0.25, -0.2) is 4.79 Å². The van der Waals surface area contributed by atoms with Crippen molar-refractivity contribution in [1.29, 1.82) is 0 Å². The third-order valence-electron chi connectivity index (χ3n) is 2.27. The first-order chi connectivity index (χ1) is 6.74. The van der Waals surface area contributed by atoms with Crippen LogP contribution in [0.5, 0.6) is 0 Å². The van der Waals surface area contributed by atoms with Gasteiger partial charge >= 0.3 is 5.97 Å². The van der Waals surface area contributed by atoms with Gasteiger partial charge in [-0.3, -0.25) is 0 Å². The van der Waals surface area contributed by atoms with E-state index in [-0.39, 0.29) is 5.97 Å². The van der Waals surface area contributed by atoms with Gasteiger partial charge in [-0.2, -0.15) is 0 Å². The van der Waals surface area contributed by atoms with Crippen LogP contribution < -0.4 is 0 Å². The Hall–Kier alpha value is -0.620. The fourth-order valence-corrected chi connectivity index (χ4v) is 2.20. The molecule has 0 amide bonds. The van der Waals surface area contributed by atoms with Crippen LogP contribution in [0.2, 0.25) is 0 Å². The summed E-state index contributed by atoms with van der Waals surface area (Å²) in [6.07, 6.45) is 0. The second-order valence-corrected chi connectivity index (χ2v) is 4.20. The third kappa shape index (κ3) is 1.52. The highest BCUT2D eigenvalue weighted by Gasteiger charge is 2.21. The molecule has 1 aromatic carbocycles. The van der Waals surface area contributed by atoms with Gasteiger partial charge in [0, 0.05) is 3.57 Å². The van der Waals surface area contributed by atoms with Crippen LogP contribution >= 0.6 is 22.6 Å². The molecule has 1 aliphatic heterocycles. The first-order valence-corrected chi connectivity index (χ1v) is 5.28. The number of hydrogen-bond donors (Lipinski definition) is 0. The molecule has 0 spiro atoms. The summed E-state index contributed by atoms with van der Waals surface area (Å²) in [5.74, 6) is -0.289. The van der Waals surface area contributed by atoms with Gasteiger partial charge in [-0.15, -0.1) is 0 Å². The van der Waals surface area contributed by atoms with E-state index in [9.17, 15) is 4.79 Å². The summed E-state index contributed by atoms with van der Waals surface area (Å²) in [4.78, 5) is 11.4. The Morgan fingerprint density at radius 3 is 2.86 bits per heavy atom. The second kappa shape index (κ2) is 3.86. The van der Waals surface area contributed by atoms with Gasteiger partial charge in [0.05, 0.1) is 25.9 Å². The van der Waals surface area contributed by atoms with E-state index in [4.69, 9.17) is 9.47 Å². The van der Waals surface area contributed by atoms with Crippen molar-refractivity contribution in [3.05, 3.63) is 32.4 Å². The van der Waals surface area contributed by atoms with E-state index < -0.39 is 0 Å².